The third-order valence-corrected chi connectivity index (χ3v) is 3.84. The van der Waals surface area contributed by atoms with Gasteiger partial charge in [0.2, 0.25) is 10.0 Å². The lowest BCUT2D eigenvalue weighted by atomic mass is 10.1. The maximum atomic E-state index is 12.0. The van der Waals surface area contributed by atoms with Crippen LogP contribution in [0.15, 0.2) is 22.8 Å². The van der Waals surface area contributed by atoms with E-state index >= 15 is 0 Å². The van der Waals surface area contributed by atoms with E-state index < -0.39 is 10.0 Å². The van der Waals surface area contributed by atoms with E-state index in [0.717, 1.165) is 19.1 Å². The maximum absolute atomic E-state index is 12.0. The summed E-state index contributed by atoms with van der Waals surface area (Å²) in [5.74, 6) is 0.682. The normalized spacial score (nSPS) is 19.9. The second kappa shape index (κ2) is 6.27. The third kappa shape index (κ3) is 4.53. The summed E-state index contributed by atoms with van der Waals surface area (Å²) in [5, 5.41) is 2.75. The lowest BCUT2D eigenvalue weighted by molar-refractivity contribution is 0.176. The van der Waals surface area contributed by atoms with Gasteiger partial charge in [-0.15, -0.1) is 0 Å². The van der Waals surface area contributed by atoms with Crippen molar-refractivity contribution in [2.45, 2.75) is 25.4 Å². The van der Waals surface area contributed by atoms with Gasteiger partial charge in [-0.3, -0.25) is 0 Å². The molecule has 2 rings (SSSR count). The SMILES string of the molecule is CS(=O)(=O)N[C@@H]1CCCN(C(=O)NCc2ccco2)C1. The summed E-state index contributed by atoms with van der Waals surface area (Å²) in [6.45, 7) is 1.34. The van der Waals surface area contributed by atoms with E-state index in [9.17, 15) is 13.2 Å². The monoisotopic (exact) mass is 301 g/mol. The van der Waals surface area contributed by atoms with E-state index in [4.69, 9.17) is 4.42 Å². The van der Waals surface area contributed by atoms with Crippen molar-refractivity contribution in [1.29, 1.82) is 0 Å². The second-order valence-electron chi connectivity index (χ2n) is 4.91. The first-order chi connectivity index (χ1) is 9.44. The summed E-state index contributed by atoms with van der Waals surface area (Å²) < 4.78 is 30.1. The number of amides is 2. The smallest absolute Gasteiger partial charge is 0.317 e. The van der Waals surface area contributed by atoms with Gasteiger partial charge in [-0.05, 0) is 25.0 Å². The van der Waals surface area contributed by atoms with Crippen LogP contribution in [0.4, 0.5) is 4.79 Å². The van der Waals surface area contributed by atoms with Gasteiger partial charge in [0.05, 0.1) is 19.1 Å². The maximum Gasteiger partial charge on any atom is 0.317 e. The molecule has 1 fully saturated rings. The Labute approximate surface area is 118 Å². The van der Waals surface area contributed by atoms with Gasteiger partial charge in [0, 0.05) is 19.1 Å². The molecule has 112 valence electrons. The van der Waals surface area contributed by atoms with Crippen LogP contribution in [-0.4, -0.2) is 44.7 Å². The van der Waals surface area contributed by atoms with Crippen molar-refractivity contribution in [3.63, 3.8) is 0 Å². The average Bonchev–Trinajstić information content (AvgIpc) is 2.87. The molecule has 0 bridgehead atoms. The van der Waals surface area contributed by atoms with E-state index in [1.165, 1.54) is 0 Å². The third-order valence-electron chi connectivity index (χ3n) is 3.08. The van der Waals surface area contributed by atoms with Crippen molar-refractivity contribution in [1.82, 2.24) is 14.9 Å². The van der Waals surface area contributed by atoms with Crippen molar-refractivity contribution >= 4 is 16.1 Å². The number of urea groups is 1. The molecule has 2 amide bonds. The minimum Gasteiger partial charge on any atom is -0.467 e. The molecule has 2 N–H and O–H groups in total. The number of hydrogen-bond donors (Lipinski definition) is 2. The molecule has 0 aromatic carbocycles. The molecule has 1 saturated heterocycles. The Hall–Kier alpha value is -1.54. The van der Waals surface area contributed by atoms with Crippen LogP contribution < -0.4 is 10.0 Å². The van der Waals surface area contributed by atoms with Crippen LogP contribution in [0, 0.1) is 0 Å². The summed E-state index contributed by atoms with van der Waals surface area (Å²) in [7, 11) is -3.24. The van der Waals surface area contributed by atoms with Crippen LogP contribution in [0.1, 0.15) is 18.6 Å². The fourth-order valence-electron chi connectivity index (χ4n) is 2.25. The molecular formula is C12H19N3O4S. The number of hydrogen-bond acceptors (Lipinski definition) is 4. The number of nitrogens with zero attached hydrogens (tertiary/aromatic N) is 1. The predicted octanol–water partition coefficient (Wildman–Crippen LogP) is 0.503. The van der Waals surface area contributed by atoms with Gasteiger partial charge in [-0.1, -0.05) is 0 Å². The molecule has 0 spiro atoms. The molecule has 20 heavy (non-hydrogen) atoms. The van der Waals surface area contributed by atoms with E-state index in [-0.39, 0.29) is 12.1 Å². The highest BCUT2D eigenvalue weighted by molar-refractivity contribution is 7.88. The Kier molecular flexibility index (Phi) is 4.66. The van der Waals surface area contributed by atoms with Crippen LogP contribution in [0.5, 0.6) is 0 Å². The number of piperidine rings is 1. The fraction of sp³-hybridized carbons (Fsp3) is 0.583. The van der Waals surface area contributed by atoms with Gasteiger partial charge in [0.25, 0.3) is 0 Å². The van der Waals surface area contributed by atoms with Gasteiger partial charge in [0.1, 0.15) is 5.76 Å². The zero-order valence-electron chi connectivity index (χ0n) is 11.3. The van der Waals surface area contributed by atoms with E-state index in [1.807, 2.05) is 0 Å². The molecule has 2 heterocycles. The first kappa shape index (κ1) is 14.9. The van der Waals surface area contributed by atoms with Crippen molar-refractivity contribution in [2.75, 3.05) is 19.3 Å². The number of sulfonamides is 1. The molecule has 0 saturated carbocycles. The van der Waals surface area contributed by atoms with Gasteiger partial charge in [0.15, 0.2) is 0 Å². The number of nitrogens with one attached hydrogen (secondary N) is 2. The first-order valence-corrected chi connectivity index (χ1v) is 8.35. The van der Waals surface area contributed by atoms with Gasteiger partial charge >= 0.3 is 6.03 Å². The highest BCUT2D eigenvalue weighted by Crippen LogP contribution is 2.11. The van der Waals surface area contributed by atoms with Crippen LogP contribution >= 0.6 is 0 Å². The van der Waals surface area contributed by atoms with Crippen molar-refractivity contribution in [3.05, 3.63) is 24.2 Å². The molecular weight excluding hydrogens is 282 g/mol. The first-order valence-electron chi connectivity index (χ1n) is 6.46. The summed E-state index contributed by atoms with van der Waals surface area (Å²) in [4.78, 5) is 13.6. The van der Waals surface area contributed by atoms with E-state index in [1.54, 1.807) is 23.3 Å². The number of likely N-dealkylation sites (tertiary alicyclic amines) is 1. The summed E-state index contributed by atoms with van der Waals surface area (Å²) in [6, 6.07) is 3.12. The molecule has 1 aromatic rings. The standard InChI is InChI=1S/C12H19N3O4S/c1-20(17,18)14-10-4-2-6-15(9-10)12(16)13-8-11-5-3-7-19-11/h3,5,7,10,14H,2,4,6,8-9H2,1H3,(H,13,16)/t10-/m1/s1. The second-order valence-corrected chi connectivity index (χ2v) is 6.69. The molecule has 7 nitrogen and oxygen atoms in total. The van der Waals surface area contributed by atoms with Gasteiger partial charge in [-0.2, -0.15) is 0 Å². The fourth-order valence-corrected chi connectivity index (χ4v) is 3.05. The molecule has 1 aliphatic rings. The number of carbonyl (C=O) groups excluding carboxylic acids is 1. The number of furan rings is 1. The van der Waals surface area contributed by atoms with E-state index in [0.29, 0.717) is 25.4 Å². The molecule has 1 aromatic heterocycles. The Bertz CT molecular complexity index is 541. The van der Waals surface area contributed by atoms with Crippen LogP contribution in [0.25, 0.3) is 0 Å². The lowest BCUT2D eigenvalue weighted by Gasteiger charge is -2.32. The summed E-state index contributed by atoms with van der Waals surface area (Å²) >= 11 is 0. The minimum atomic E-state index is -3.24. The zero-order valence-corrected chi connectivity index (χ0v) is 12.1. The molecule has 1 aliphatic heterocycles. The molecule has 8 heteroatoms. The Morgan fingerprint density at radius 3 is 3.00 bits per heavy atom. The van der Waals surface area contributed by atoms with Gasteiger partial charge < -0.3 is 14.6 Å². The predicted molar refractivity (Wildman–Crippen MR) is 73.5 cm³/mol. The number of carbonyl (C=O) groups is 1. The topological polar surface area (TPSA) is 91.7 Å². The Morgan fingerprint density at radius 2 is 2.35 bits per heavy atom. The zero-order chi connectivity index (χ0) is 14.6. The highest BCUT2D eigenvalue weighted by Gasteiger charge is 2.25. The molecule has 1 atom stereocenters. The highest BCUT2D eigenvalue weighted by atomic mass is 32.2. The van der Waals surface area contributed by atoms with Crippen molar-refractivity contribution in [2.24, 2.45) is 0 Å². The quantitative estimate of drug-likeness (QED) is 0.847. The summed E-state index contributed by atoms with van der Waals surface area (Å²) in [5.41, 5.74) is 0. The summed E-state index contributed by atoms with van der Waals surface area (Å²) in [6.07, 6.45) is 4.20. The van der Waals surface area contributed by atoms with E-state index in [2.05, 4.69) is 10.0 Å². The molecule has 0 aliphatic carbocycles. The average molecular weight is 301 g/mol. The van der Waals surface area contributed by atoms with Crippen molar-refractivity contribution in [3.8, 4) is 0 Å². The molecule has 0 radical (unpaired) electrons. The largest absolute Gasteiger partial charge is 0.467 e. The van der Waals surface area contributed by atoms with Gasteiger partial charge in [-0.25, -0.2) is 17.9 Å². The number of rotatable bonds is 4. The van der Waals surface area contributed by atoms with Crippen LogP contribution in [0.2, 0.25) is 0 Å². The minimum absolute atomic E-state index is 0.207. The lowest BCUT2D eigenvalue weighted by Crippen LogP contribution is -2.51. The van der Waals surface area contributed by atoms with Crippen LogP contribution in [-0.2, 0) is 16.6 Å². The van der Waals surface area contributed by atoms with Crippen molar-refractivity contribution < 1.29 is 17.6 Å². The Balaban J connectivity index is 1.83. The van der Waals surface area contributed by atoms with Crippen LogP contribution in [0.3, 0.4) is 0 Å². The Morgan fingerprint density at radius 1 is 1.55 bits per heavy atom. The molecule has 0 unspecified atom stereocenters.